The number of aromatic nitrogens is 3. The fourth-order valence-corrected chi connectivity index (χ4v) is 4.19. The third-order valence-corrected chi connectivity index (χ3v) is 5.89. The van der Waals surface area contributed by atoms with Crippen molar-refractivity contribution in [3.63, 3.8) is 0 Å². The number of hydrogen-bond acceptors (Lipinski definition) is 4. The van der Waals surface area contributed by atoms with Crippen molar-refractivity contribution < 1.29 is 0 Å². The molecule has 0 spiro atoms. The lowest BCUT2D eigenvalue weighted by atomic mass is 9.97. The lowest BCUT2D eigenvalue weighted by Gasteiger charge is -2.23. The Hall–Kier alpha value is -3.49. The molecule has 30 heavy (non-hydrogen) atoms. The lowest BCUT2D eigenvalue weighted by molar-refractivity contribution is 0.351. The maximum Gasteiger partial charge on any atom is 0.109 e. The van der Waals surface area contributed by atoms with Gasteiger partial charge in [0.15, 0.2) is 0 Å². The number of fused-ring (bicyclic) bond motifs is 1. The van der Waals surface area contributed by atoms with Gasteiger partial charge in [0.25, 0.3) is 0 Å². The van der Waals surface area contributed by atoms with Crippen molar-refractivity contribution in [3.8, 4) is 28.5 Å². The van der Waals surface area contributed by atoms with Crippen molar-refractivity contribution in [3.05, 3.63) is 71.9 Å². The Bertz CT molecular complexity index is 1220. The summed E-state index contributed by atoms with van der Waals surface area (Å²) in [6, 6.07) is 21.0. The van der Waals surface area contributed by atoms with E-state index in [2.05, 4.69) is 53.3 Å². The normalized spacial score (nSPS) is 14.7. The standard InChI is InChI=1S/C25H23N5/c1-17-2-6-20(7-3-17)25-22(19-8-4-18(15-26)5-9-19)14-24-23(29-25)16-28-30(24)21-10-12-27-13-11-21/h2-9,14,16,21,27H,10-13H2,1H3. The molecule has 1 fully saturated rings. The number of piperidine rings is 1. The first-order chi connectivity index (χ1) is 14.7. The van der Waals surface area contributed by atoms with E-state index in [0.717, 1.165) is 59.3 Å². The van der Waals surface area contributed by atoms with Crippen LogP contribution in [-0.2, 0) is 0 Å². The molecule has 5 rings (SSSR count). The van der Waals surface area contributed by atoms with Gasteiger partial charge < -0.3 is 5.32 Å². The van der Waals surface area contributed by atoms with Crippen molar-refractivity contribution in [2.24, 2.45) is 0 Å². The molecule has 4 aromatic rings. The van der Waals surface area contributed by atoms with Gasteiger partial charge in [-0.2, -0.15) is 10.4 Å². The molecule has 0 saturated carbocycles. The summed E-state index contributed by atoms with van der Waals surface area (Å²) in [6.07, 6.45) is 4.03. The van der Waals surface area contributed by atoms with Crippen molar-refractivity contribution in [2.45, 2.75) is 25.8 Å². The van der Waals surface area contributed by atoms with E-state index in [4.69, 9.17) is 10.1 Å². The number of nitrogens with zero attached hydrogens (tertiary/aromatic N) is 4. The average molecular weight is 393 g/mol. The van der Waals surface area contributed by atoms with E-state index in [0.29, 0.717) is 11.6 Å². The maximum atomic E-state index is 9.17. The molecule has 1 N–H and O–H groups in total. The molecule has 148 valence electrons. The van der Waals surface area contributed by atoms with E-state index in [1.807, 2.05) is 30.5 Å². The lowest BCUT2D eigenvalue weighted by Crippen LogP contribution is -2.29. The summed E-state index contributed by atoms with van der Waals surface area (Å²) in [5.74, 6) is 0. The Morgan fingerprint density at radius 1 is 1.00 bits per heavy atom. The summed E-state index contributed by atoms with van der Waals surface area (Å²) in [6.45, 7) is 4.12. The molecule has 2 aromatic carbocycles. The van der Waals surface area contributed by atoms with Crippen molar-refractivity contribution in [2.75, 3.05) is 13.1 Å². The van der Waals surface area contributed by atoms with Crippen LogP contribution in [0.15, 0.2) is 60.8 Å². The monoisotopic (exact) mass is 393 g/mol. The van der Waals surface area contributed by atoms with Crippen LogP contribution in [0.25, 0.3) is 33.4 Å². The van der Waals surface area contributed by atoms with Gasteiger partial charge in [-0.15, -0.1) is 0 Å². The van der Waals surface area contributed by atoms with Gasteiger partial charge in [-0.25, -0.2) is 4.98 Å². The van der Waals surface area contributed by atoms with E-state index >= 15 is 0 Å². The summed E-state index contributed by atoms with van der Waals surface area (Å²) in [5, 5.41) is 17.3. The highest BCUT2D eigenvalue weighted by Crippen LogP contribution is 2.35. The van der Waals surface area contributed by atoms with Crippen LogP contribution in [-0.4, -0.2) is 27.9 Å². The first-order valence-corrected chi connectivity index (χ1v) is 10.4. The largest absolute Gasteiger partial charge is 0.317 e. The van der Waals surface area contributed by atoms with Gasteiger partial charge in [0.1, 0.15) is 5.52 Å². The highest BCUT2D eigenvalue weighted by atomic mass is 15.3. The van der Waals surface area contributed by atoms with Gasteiger partial charge in [-0.1, -0.05) is 42.0 Å². The molecule has 0 unspecified atom stereocenters. The van der Waals surface area contributed by atoms with Gasteiger partial charge in [-0.3, -0.25) is 4.68 Å². The van der Waals surface area contributed by atoms with Crippen LogP contribution in [0.5, 0.6) is 0 Å². The maximum absolute atomic E-state index is 9.17. The molecule has 0 radical (unpaired) electrons. The predicted octanol–water partition coefficient (Wildman–Crippen LogP) is 4.87. The number of benzene rings is 2. The van der Waals surface area contributed by atoms with Crippen LogP contribution in [0.1, 0.15) is 30.0 Å². The fraction of sp³-hybridized carbons (Fsp3) is 0.240. The molecule has 1 aliphatic heterocycles. The molecule has 2 aromatic heterocycles. The molecule has 1 saturated heterocycles. The molecule has 5 heteroatoms. The number of hydrogen-bond donors (Lipinski definition) is 1. The van der Waals surface area contributed by atoms with Gasteiger partial charge in [0.2, 0.25) is 0 Å². The predicted molar refractivity (Wildman–Crippen MR) is 119 cm³/mol. The number of aryl methyl sites for hydroxylation is 1. The highest BCUT2D eigenvalue weighted by Gasteiger charge is 2.20. The van der Waals surface area contributed by atoms with Crippen LogP contribution in [0.2, 0.25) is 0 Å². The Morgan fingerprint density at radius 2 is 1.70 bits per heavy atom. The summed E-state index contributed by atoms with van der Waals surface area (Å²) in [4.78, 5) is 5.05. The first kappa shape index (κ1) is 18.5. The van der Waals surface area contributed by atoms with Gasteiger partial charge >= 0.3 is 0 Å². The summed E-state index contributed by atoms with van der Waals surface area (Å²) in [7, 11) is 0. The zero-order chi connectivity index (χ0) is 20.5. The fourth-order valence-electron chi connectivity index (χ4n) is 4.19. The van der Waals surface area contributed by atoms with Crippen LogP contribution >= 0.6 is 0 Å². The summed E-state index contributed by atoms with van der Waals surface area (Å²) in [5.41, 5.74) is 8.00. The Labute approximate surface area is 176 Å². The number of rotatable bonds is 3. The van der Waals surface area contributed by atoms with Gasteiger partial charge in [0, 0.05) is 11.1 Å². The molecular formula is C25H23N5. The number of nitriles is 1. The second-order valence-electron chi connectivity index (χ2n) is 7.91. The van der Waals surface area contributed by atoms with Crippen molar-refractivity contribution >= 4 is 11.0 Å². The summed E-state index contributed by atoms with van der Waals surface area (Å²) >= 11 is 0. The molecule has 5 nitrogen and oxygen atoms in total. The van der Waals surface area contributed by atoms with Crippen LogP contribution < -0.4 is 5.32 Å². The minimum absolute atomic E-state index is 0.393. The minimum atomic E-state index is 0.393. The Kier molecular flexibility index (Phi) is 4.78. The Balaban J connectivity index is 1.70. The summed E-state index contributed by atoms with van der Waals surface area (Å²) < 4.78 is 2.15. The van der Waals surface area contributed by atoms with E-state index in [1.165, 1.54) is 5.56 Å². The molecule has 1 aliphatic rings. The van der Waals surface area contributed by atoms with Crippen LogP contribution in [0.3, 0.4) is 0 Å². The zero-order valence-electron chi connectivity index (χ0n) is 17.0. The average Bonchev–Trinajstić information content (AvgIpc) is 3.22. The van der Waals surface area contributed by atoms with E-state index < -0.39 is 0 Å². The molecule has 3 heterocycles. The number of nitrogens with one attached hydrogen (secondary N) is 1. The second-order valence-corrected chi connectivity index (χ2v) is 7.91. The van der Waals surface area contributed by atoms with Gasteiger partial charge in [-0.05, 0) is 56.6 Å². The molecular weight excluding hydrogens is 370 g/mol. The Morgan fingerprint density at radius 3 is 2.40 bits per heavy atom. The molecule has 0 amide bonds. The minimum Gasteiger partial charge on any atom is -0.317 e. The topological polar surface area (TPSA) is 66.5 Å². The SMILES string of the molecule is Cc1ccc(-c2nc3cnn(C4CCNCC4)c3cc2-c2ccc(C#N)cc2)cc1. The van der Waals surface area contributed by atoms with Crippen LogP contribution in [0.4, 0.5) is 0 Å². The van der Waals surface area contributed by atoms with E-state index in [1.54, 1.807) is 0 Å². The van der Waals surface area contributed by atoms with E-state index in [9.17, 15) is 5.26 Å². The zero-order valence-corrected chi connectivity index (χ0v) is 17.0. The third kappa shape index (κ3) is 3.36. The molecule has 0 bridgehead atoms. The van der Waals surface area contributed by atoms with Gasteiger partial charge in [0.05, 0.1) is 35.1 Å². The number of pyridine rings is 1. The van der Waals surface area contributed by atoms with Crippen molar-refractivity contribution in [1.29, 1.82) is 5.26 Å². The second kappa shape index (κ2) is 7.74. The third-order valence-electron chi connectivity index (χ3n) is 5.89. The first-order valence-electron chi connectivity index (χ1n) is 10.4. The smallest absolute Gasteiger partial charge is 0.109 e. The molecule has 0 aliphatic carbocycles. The van der Waals surface area contributed by atoms with Crippen LogP contribution in [0, 0.1) is 18.3 Å². The highest BCUT2D eigenvalue weighted by molar-refractivity contribution is 5.90. The van der Waals surface area contributed by atoms with E-state index in [-0.39, 0.29) is 0 Å². The van der Waals surface area contributed by atoms with Crippen molar-refractivity contribution in [1.82, 2.24) is 20.1 Å². The quantitative estimate of drug-likeness (QED) is 0.539. The molecule has 0 atom stereocenters.